The van der Waals surface area contributed by atoms with E-state index in [1.807, 2.05) is 6.07 Å². The highest BCUT2D eigenvalue weighted by atomic mass is 16.2. The normalized spacial score (nSPS) is 18.1. The van der Waals surface area contributed by atoms with Gasteiger partial charge >= 0.3 is 0 Å². The fourth-order valence-electron chi connectivity index (χ4n) is 1.70. The van der Waals surface area contributed by atoms with Gasteiger partial charge in [-0.25, -0.2) is 4.98 Å². The average molecular weight is 206 g/mol. The number of pyridine rings is 1. The van der Waals surface area contributed by atoms with E-state index in [1.54, 1.807) is 25.1 Å². The Morgan fingerprint density at radius 1 is 1.60 bits per heavy atom. The summed E-state index contributed by atoms with van der Waals surface area (Å²) >= 11 is 0. The minimum Gasteiger partial charge on any atom is -0.384 e. The van der Waals surface area contributed by atoms with Gasteiger partial charge in [0, 0.05) is 20.5 Å². The molecule has 15 heavy (non-hydrogen) atoms. The van der Waals surface area contributed by atoms with E-state index >= 15 is 0 Å². The first-order valence-corrected chi connectivity index (χ1v) is 4.81. The van der Waals surface area contributed by atoms with Gasteiger partial charge in [-0.1, -0.05) is 0 Å². The molecule has 2 rings (SSSR count). The number of rotatable bonds is 1. The minimum atomic E-state index is -0.204. The zero-order chi connectivity index (χ0) is 11.0. The van der Waals surface area contributed by atoms with Gasteiger partial charge in [-0.05, 0) is 12.1 Å². The highest BCUT2D eigenvalue weighted by Crippen LogP contribution is 2.25. The molecule has 0 saturated heterocycles. The van der Waals surface area contributed by atoms with E-state index in [0.29, 0.717) is 12.2 Å². The predicted molar refractivity (Wildman–Crippen MR) is 58.5 cm³/mol. The zero-order valence-electron chi connectivity index (χ0n) is 8.82. The second kappa shape index (κ2) is 3.42. The number of hydrogen-bond donors (Lipinski definition) is 2. The largest absolute Gasteiger partial charge is 0.384 e. The number of carbonyl (C=O) groups is 1. The third-order valence-corrected chi connectivity index (χ3v) is 2.46. The standard InChI is InChI=1S/C10H14N4O/c1-14(2)10(15)8-5-7-6(12-8)3-4-9(11)13-7/h3-4,8,12H,5H2,1-2H3,(H2,11,13). The molecule has 1 atom stereocenters. The van der Waals surface area contributed by atoms with Crippen LogP contribution in [0.4, 0.5) is 11.5 Å². The molecule has 0 aromatic carbocycles. The van der Waals surface area contributed by atoms with Crippen molar-refractivity contribution in [2.45, 2.75) is 12.5 Å². The highest BCUT2D eigenvalue weighted by Gasteiger charge is 2.28. The molecular formula is C10H14N4O. The molecule has 0 bridgehead atoms. The molecule has 0 aliphatic carbocycles. The van der Waals surface area contributed by atoms with E-state index < -0.39 is 0 Å². The number of likely N-dealkylation sites (N-methyl/N-ethyl adjacent to an activating group) is 1. The smallest absolute Gasteiger partial charge is 0.244 e. The van der Waals surface area contributed by atoms with E-state index in [4.69, 9.17) is 5.73 Å². The van der Waals surface area contributed by atoms with Gasteiger partial charge in [-0.3, -0.25) is 4.79 Å². The van der Waals surface area contributed by atoms with Crippen molar-refractivity contribution in [1.82, 2.24) is 9.88 Å². The Balaban J connectivity index is 2.19. The summed E-state index contributed by atoms with van der Waals surface area (Å²) in [6, 6.07) is 3.39. The van der Waals surface area contributed by atoms with E-state index in [9.17, 15) is 4.79 Å². The molecule has 0 radical (unpaired) electrons. The lowest BCUT2D eigenvalue weighted by Crippen LogP contribution is -2.37. The second-order valence-corrected chi connectivity index (χ2v) is 3.86. The molecule has 2 heterocycles. The Morgan fingerprint density at radius 3 is 3.00 bits per heavy atom. The molecule has 1 aliphatic rings. The van der Waals surface area contributed by atoms with Crippen molar-refractivity contribution in [2.75, 3.05) is 25.1 Å². The van der Waals surface area contributed by atoms with Crippen molar-refractivity contribution in [2.24, 2.45) is 0 Å². The van der Waals surface area contributed by atoms with E-state index in [2.05, 4.69) is 10.3 Å². The Labute approximate surface area is 88.3 Å². The molecule has 0 saturated carbocycles. The van der Waals surface area contributed by atoms with Crippen LogP contribution in [0.2, 0.25) is 0 Å². The molecule has 5 nitrogen and oxygen atoms in total. The zero-order valence-corrected chi connectivity index (χ0v) is 8.82. The van der Waals surface area contributed by atoms with Crippen LogP contribution in [0.15, 0.2) is 12.1 Å². The molecule has 1 aliphatic heterocycles. The maximum absolute atomic E-state index is 11.7. The van der Waals surface area contributed by atoms with Gasteiger partial charge in [0.2, 0.25) is 5.91 Å². The first-order valence-electron chi connectivity index (χ1n) is 4.81. The number of nitrogens with zero attached hydrogens (tertiary/aromatic N) is 2. The van der Waals surface area contributed by atoms with Gasteiger partial charge in [-0.2, -0.15) is 0 Å². The Hall–Kier alpha value is -1.78. The first-order chi connectivity index (χ1) is 7.08. The average Bonchev–Trinajstić information content (AvgIpc) is 2.58. The van der Waals surface area contributed by atoms with E-state index in [0.717, 1.165) is 11.4 Å². The summed E-state index contributed by atoms with van der Waals surface area (Å²) in [6.07, 6.45) is 0.609. The van der Waals surface area contributed by atoms with Crippen molar-refractivity contribution >= 4 is 17.4 Å². The SMILES string of the molecule is CN(C)C(=O)C1Cc2nc(N)ccc2N1. The number of amides is 1. The molecule has 1 unspecified atom stereocenters. The molecule has 1 amide bonds. The van der Waals surface area contributed by atoms with Crippen LogP contribution in [-0.2, 0) is 11.2 Å². The molecule has 5 heteroatoms. The maximum atomic E-state index is 11.7. The number of nitrogens with one attached hydrogen (secondary N) is 1. The molecule has 80 valence electrons. The molecule has 0 fully saturated rings. The van der Waals surface area contributed by atoms with Crippen LogP contribution in [0.25, 0.3) is 0 Å². The number of carbonyl (C=O) groups excluding carboxylic acids is 1. The number of hydrogen-bond acceptors (Lipinski definition) is 4. The molecule has 3 N–H and O–H groups in total. The fourth-order valence-corrected chi connectivity index (χ4v) is 1.70. The summed E-state index contributed by atoms with van der Waals surface area (Å²) in [6.45, 7) is 0. The van der Waals surface area contributed by atoms with Crippen molar-refractivity contribution in [3.8, 4) is 0 Å². The van der Waals surface area contributed by atoms with Gasteiger partial charge in [0.1, 0.15) is 11.9 Å². The van der Waals surface area contributed by atoms with Gasteiger partial charge in [0.25, 0.3) is 0 Å². The number of fused-ring (bicyclic) bond motifs is 1. The van der Waals surface area contributed by atoms with Crippen molar-refractivity contribution in [1.29, 1.82) is 0 Å². The third-order valence-electron chi connectivity index (χ3n) is 2.46. The van der Waals surface area contributed by atoms with Crippen LogP contribution in [0.5, 0.6) is 0 Å². The molecule has 0 spiro atoms. The lowest BCUT2D eigenvalue weighted by molar-refractivity contribution is -0.129. The van der Waals surface area contributed by atoms with E-state index in [-0.39, 0.29) is 11.9 Å². The lowest BCUT2D eigenvalue weighted by Gasteiger charge is -2.16. The van der Waals surface area contributed by atoms with Gasteiger partial charge in [-0.15, -0.1) is 0 Å². The van der Waals surface area contributed by atoms with E-state index in [1.165, 1.54) is 0 Å². The summed E-state index contributed by atoms with van der Waals surface area (Å²) in [5.41, 5.74) is 7.36. The van der Waals surface area contributed by atoms with Crippen LogP contribution in [-0.4, -0.2) is 35.9 Å². The van der Waals surface area contributed by atoms with Crippen molar-refractivity contribution in [3.05, 3.63) is 17.8 Å². The predicted octanol–water partition coefficient (Wildman–Crippen LogP) is 0.0886. The Bertz CT molecular complexity index is 402. The summed E-state index contributed by atoms with van der Waals surface area (Å²) in [4.78, 5) is 17.5. The summed E-state index contributed by atoms with van der Waals surface area (Å²) in [5, 5.41) is 3.13. The Morgan fingerprint density at radius 2 is 2.33 bits per heavy atom. The van der Waals surface area contributed by atoms with Crippen LogP contribution >= 0.6 is 0 Å². The van der Waals surface area contributed by atoms with Gasteiger partial charge in [0.05, 0.1) is 11.4 Å². The quantitative estimate of drug-likeness (QED) is 0.683. The van der Waals surface area contributed by atoms with Crippen molar-refractivity contribution < 1.29 is 4.79 Å². The summed E-state index contributed by atoms with van der Waals surface area (Å²) < 4.78 is 0. The maximum Gasteiger partial charge on any atom is 0.244 e. The summed E-state index contributed by atoms with van der Waals surface area (Å²) in [7, 11) is 3.49. The van der Waals surface area contributed by atoms with Gasteiger partial charge in [0.15, 0.2) is 0 Å². The topological polar surface area (TPSA) is 71.2 Å². The number of nitrogen functional groups attached to an aromatic ring is 1. The van der Waals surface area contributed by atoms with Crippen LogP contribution in [0.3, 0.4) is 0 Å². The third kappa shape index (κ3) is 1.72. The molecular weight excluding hydrogens is 192 g/mol. The minimum absolute atomic E-state index is 0.0616. The van der Waals surface area contributed by atoms with Gasteiger partial charge < -0.3 is 16.0 Å². The van der Waals surface area contributed by atoms with Crippen LogP contribution in [0.1, 0.15) is 5.69 Å². The molecule has 1 aromatic rings. The van der Waals surface area contributed by atoms with Crippen molar-refractivity contribution in [3.63, 3.8) is 0 Å². The monoisotopic (exact) mass is 206 g/mol. The van der Waals surface area contributed by atoms with Crippen LogP contribution in [0, 0.1) is 0 Å². The van der Waals surface area contributed by atoms with Crippen LogP contribution < -0.4 is 11.1 Å². The first kappa shape index (κ1) is 9.76. The Kier molecular flexibility index (Phi) is 2.22. The molecule has 1 aromatic heterocycles. The fraction of sp³-hybridized carbons (Fsp3) is 0.400. The highest BCUT2D eigenvalue weighted by molar-refractivity contribution is 5.86. The second-order valence-electron chi connectivity index (χ2n) is 3.86. The number of aromatic nitrogens is 1. The number of nitrogens with two attached hydrogens (primary N) is 1. The summed E-state index contributed by atoms with van der Waals surface area (Å²) in [5.74, 6) is 0.556. The lowest BCUT2D eigenvalue weighted by atomic mass is 10.2. The number of anilines is 2.